The average Bonchev–Trinajstić information content (AvgIpc) is 2.77. The van der Waals surface area contributed by atoms with Gasteiger partial charge in [-0.2, -0.15) is 10.5 Å². The standard InChI is InChI=1S/C10H12N4O2/c1-6-8(4-11)7(13)14-10(15-2,16-3)9(6,8)5-12/h6H,1-3H3,(H2,13,14)/p+1/t6-,8-,9-/m1/s1. The van der Waals surface area contributed by atoms with Crippen LogP contribution in [0.5, 0.6) is 0 Å². The molecule has 0 radical (unpaired) electrons. The SMILES string of the molecule is COC1(OC)[NH+]=C(N)[C@@]2(C#N)[C@@H](C)[C@@]12C#N. The number of nitrogens with one attached hydrogen (secondary N) is 1. The van der Waals surface area contributed by atoms with Crippen LogP contribution in [0.4, 0.5) is 0 Å². The van der Waals surface area contributed by atoms with Gasteiger partial charge in [-0.15, -0.1) is 0 Å². The molecule has 0 amide bonds. The predicted octanol–water partition coefficient (Wildman–Crippen LogP) is -1.95. The highest BCUT2D eigenvalue weighted by molar-refractivity contribution is 5.93. The lowest BCUT2D eigenvalue weighted by molar-refractivity contribution is -0.688. The van der Waals surface area contributed by atoms with E-state index in [1.54, 1.807) is 6.92 Å². The van der Waals surface area contributed by atoms with Crippen molar-refractivity contribution < 1.29 is 14.5 Å². The zero-order valence-electron chi connectivity index (χ0n) is 9.37. The molecule has 2 rings (SSSR count). The van der Waals surface area contributed by atoms with Crippen molar-refractivity contribution >= 4 is 5.84 Å². The quantitative estimate of drug-likeness (QED) is 0.527. The molecule has 6 nitrogen and oxygen atoms in total. The molecule has 0 aromatic rings. The summed E-state index contributed by atoms with van der Waals surface area (Å²) in [5.41, 5.74) is 3.71. The molecule has 6 heteroatoms. The van der Waals surface area contributed by atoms with Crippen molar-refractivity contribution in [3.05, 3.63) is 0 Å². The van der Waals surface area contributed by atoms with Gasteiger partial charge < -0.3 is 9.47 Å². The third-order valence-corrected chi connectivity index (χ3v) is 4.01. The lowest BCUT2D eigenvalue weighted by atomic mass is 9.94. The van der Waals surface area contributed by atoms with Gasteiger partial charge in [-0.25, -0.2) is 4.99 Å². The molecule has 1 aliphatic carbocycles. The summed E-state index contributed by atoms with van der Waals surface area (Å²) >= 11 is 0. The van der Waals surface area contributed by atoms with Crippen molar-refractivity contribution in [1.82, 2.24) is 0 Å². The van der Waals surface area contributed by atoms with Crippen LogP contribution in [0.25, 0.3) is 0 Å². The number of hydrogen-bond donors (Lipinski definition) is 2. The van der Waals surface area contributed by atoms with Crippen LogP contribution in [-0.4, -0.2) is 26.0 Å². The Labute approximate surface area is 93.3 Å². The van der Waals surface area contributed by atoms with E-state index in [-0.39, 0.29) is 11.8 Å². The molecule has 1 fully saturated rings. The molecule has 0 bridgehead atoms. The smallest absolute Gasteiger partial charge is 0.317 e. The van der Waals surface area contributed by atoms with Crippen LogP contribution in [-0.2, 0) is 9.47 Å². The molecule has 3 N–H and O–H groups in total. The molecule has 3 atom stereocenters. The molecule has 0 saturated heterocycles. The van der Waals surface area contributed by atoms with Gasteiger partial charge in [-0.1, -0.05) is 6.92 Å². The third kappa shape index (κ3) is 0.656. The first-order chi connectivity index (χ1) is 7.53. The van der Waals surface area contributed by atoms with E-state index in [4.69, 9.17) is 15.2 Å². The van der Waals surface area contributed by atoms with Gasteiger partial charge in [0.1, 0.15) is 0 Å². The zero-order chi connectivity index (χ0) is 12.2. The molecule has 0 aromatic carbocycles. The van der Waals surface area contributed by atoms with E-state index in [0.29, 0.717) is 0 Å². The minimum Gasteiger partial charge on any atom is -0.317 e. The molecule has 84 valence electrons. The number of ether oxygens (including phenoxy) is 2. The van der Waals surface area contributed by atoms with Crippen molar-refractivity contribution in [2.75, 3.05) is 14.2 Å². The first kappa shape index (κ1) is 10.9. The summed E-state index contributed by atoms with van der Waals surface area (Å²) in [6.07, 6.45) is 0. The third-order valence-electron chi connectivity index (χ3n) is 4.01. The van der Waals surface area contributed by atoms with E-state index in [1.165, 1.54) is 14.2 Å². The maximum Gasteiger partial charge on any atom is 0.342 e. The molecule has 0 unspecified atom stereocenters. The van der Waals surface area contributed by atoms with Crippen molar-refractivity contribution in [3.8, 4) is 12.1 Å². The summed E-state index contributed by atoms with van der Waals surface area (Å²) in [6, 6.07) is 4.27. The molecule has 0 aromatic heterocycles. The number of rotatable bonds is 2. The van der Waals surface area contributed by atoms with Gasteiger partial charge in [0, 0.05) is 20.1 Å². The summed E-state index contributed by atoms with van der Waals surface area (Å²) in [4.78, 5) is 2.79. The van der Waals surface area contributed by atoms with E-state index in [2.05, 4.69) is 17.1 Å². The Morgan fingerprint density at radius 2 is 1.88 bits per heavy atom. The second-order valence-corrected chi connectivity index (χ2v) is 4.12. The Morgan fingerprint density at radius 1 is 1.31 bits per heavy atom. The molecule has 2 aliphatic rings. The van der Waals surface area contributed by atoms with Crippen LogP contribution in [0, 0.1) is 39.4 Å². The van der Waals surface area contributed by atoms with Crippen molar-refractivity contribution in [2.24, 2.45) is 22.5 Å². The number of amidine groups is 1. The van der Waals surface area contributed by atoms with Crippen LogP contribution < -0.4 is 10.7 Å². The summed E-state index contributed by atoms with van der Waals surface area (Å²) in [5.74, 6) is -1.31. The molecule has 16 heavy (non-hydrogen) atoms. The van der Waals surface area contributed by atoms with Gasteiger partial charge in [0.15, 0.2) is 10.8 Å². The fraction of sp³-hybridized carbons (Fsp3) is 0.700. The fourth-order valence-electron chi connectivity index (χ4n) is 3.04. The highest BCUT2D eigenvalue weighted by atomic mass is 16.7. The first-order valence-corrected chi connectivity index (χ1v) is 4.87. The van der Waals surface area contributed by atoms with Crippen LogP contribution >= 0.6 is 0 Å². The number of nitriles is 2. The Hall–Kier alpha value is -1.63. The topological polar surface area (TPSA) is 106 Å². The van der Waals surface area contributed by atoms with Gasteiger partial charge in [0.2, 0.25) is 0 Å². The van der Waals surface area contributed by atoms with E-state index in [0.717, 1.165) is 0 Å². The Morgan fingerprint density at radius 3 is 2.19 bits per heavy atom. The average molecular weight is 221 g/mol. The summed E-state index contributed by atoms with van der Waals surface area (Å²) in [6.45, 7) is 1.80. The highest BCUT2D eigenvalue weighted by Crippen LogP contribution is 2.73. The molecular weight excluding hydrogens is 208 g/mol. The molecule has 1 aliphatic heterocycles. The fourth-order valence-corrected chi connectivity index (χ4v) is 3.04. The largest absolute Gasteiger partial charge is 0.342 e. The van der Waals surface area contributed by atoms with Crippen LogP contribution in [0.15, 0.2) is 0 Å². The molecule has 0 spiro atoms. The minimum absolute atomic E-state index is 0.226. The minimum atomic E-state index is -1.33. The van der Waals surface area contributed by atoms with Crippen molar-refractivity contribution in [1.29, 1.82) is 10.5 Å². The van der Waals surface area contributed by atoms with Gasteiger partial charge in [-0.3, -0.25) is 5.73 Å². The predicted molar refractivity (Wildman–Crippen MR) is 52.2 cm³/mol. The second-order valence-electron chi connectivity index (χ2n) is 4.12. The molecule has 1 heterocycles. The number of nitrogens with two attached hydrogens (primary N) is 1. The number of fused-ring (bicyclic) bond motifs is 1. The first-order valence-electron chi connectivity index (χ1n) is 4.87. The van der Waals surface area contributed by atoms with Crippen LogP contribution in [0.2, 0.25) is 0 Å². The highest BCUT2D eigenvalue weighted by Gasteiger charge is 2.95. The maximum atomic E-state index is 9.38. The maximum absolute atomic E-state index is 9.38. The van der Waals surface area contributed by atoms with E-state index >= 15 is 0 Å². The van der Waals surface area contributed by atoms with Gasteiger partial charge in [0.05, 0.1) is 12.1 Å². The summed E-state index contributed by atoms with van der Waals surface area (Å²) in [5, 5.41) is 18.7. The van der Waals surface area contributed by atoms with E-state index in [1.807, 2.05) is 0 Å². The van der Waals surface area contributed by atoms with E-state index in [9.17, 15) is 10.5 Å². The van der Waals surface area contributed by atoms with Gasteiger partial charge >= 0.3 is 5.91 Å². The number of nitrogens with zero attached hydrogens (tertiary/aromatic N) is 2. The molecular formula is C10H13N4O2+. The van der Waals surface area contributed by atoms with Crippen molar-refractivity contribution in [2.45, 2.75) is 12.8 Å². The van der Waals surface area contributed by atoms with Crippen LogP contribution in [0.1, 0.15) is 6.92 Å². The van der Waals surface area contributed by atoms with Gasteiger partial charge in [0.25, 0.3) is 5.84 Å². The van der Waals surface area contributed by atoms with E-state index < -0.39 is 16.7 Å². The number of hydrogen-bond acceptors (Lipinski definition) is 5. The Kier molecular flexibility index (Phi) is 1.86. The lowest BCUT2D eigenvalue weighted by Gasteiger charge is -2.26. The van der Waals surface area contributed by atoms with Crippen LogP contribution in [0.3, 0.4) is 0 Å². The zero-order valence-corrected chi connectivity index (χ0v) is 9.37. The monoisotopic (exact) mass is 221 g/mol. The van der Waals surface area contributed by atoms with Gasteiger partial charge in [-0.05, 0) is 0 Å². The number of methoxy groups -OCH3 is 2. The normalized spacial score (nSPS) is 42.8. The second kappa shape index (κ2) is 2.73. The molecule has 1 saturated carbocycles. The lowest BCUT2D eigenvalue weighted by Crippen LogP contribution is -2.90. The summed E-state index contributed by atoms with van der Waals surface area (Å²) in [7, 11) is 2.84. The van der Waals surface area contributed by atoms with Crippen molar-refractivity contribution in [3.63, 3.8) is 0 Å². The Bertz CT molecular complexity index is 456. The summed E-state index contributed by atoms with van der Waals surface area (Å²) < 4.78 is 10.5. The Balaban J connectivity index is 2.67.